The van der Waals surface area contributed by atoms with E-state index in [2.05, 4.69) is 26.6 Å². The van der Waals surface area contributed by atoms with Gasteiger partial charge < -0.3 is 31.3 Å². The minimum Gasteiger partial charge on any atom is -0.467 e. The number of esters is 1. The molecule has 46 heavy (non-hydrogen) atoms. The molecule has 0 saturated heterocycles. The van der Waals surface area contributed by atoms with Gasteiger partial charge in [0.2, 0.25) is 17.7 Å². The molecule has 11 nitrogen and oxygen atoms in total. The Balaban J connectivity index is 1.83. The van der Waals surface area contributed by atoms with Crippen molar-refractivity contribution in [2.45, 2.75) is 70.1 Å². The van der Waals surface area contributed by atoms with Crippen molar-refractivity contribution in [1.29, 1.82) is 0 Å². The van der Waals surface area contributed by atoms with Crippen LogP contribution in [0.5, 0.6) is 0 Å². The first-order chi connectivity index (χ1) is 21.9. The summed E-state index contributed by atoms with van der Waals surface area (Å²) in [6.07, 6.45) is 4.07. The zero-order valence-corrected chi connectivity index (χ0v) is 26.1. The van der Waals surface area contributed by atoms with Crippen molar-refractivity contribution in [3.05, 3.63) is 83.4 Å². The lowest BCUT2D eigenvalue weighted by Crippen LogP contribution is -2.58. The number of amides is 5. The molecule has 2 aromatic rings. The van der Waals surface area contributed by atoms with Crippen LogP contribution in [0.15, 0.2) is 60.7 Å². The molecular weight excluding hydrogens is 600 g/mol. The highest BCUT2D eigenvalue weighted by molar-refractivity contribution is 5.93. The van der Waals surface area contributed by atoms with Crippen LogP contribution in [0.3, 0.4) is 0 Å². The Bertz CT molecular complexity index is 1420. The van der Waals surface area contributed by atoms with E-state index in [-0.39, 0.29) is 31.1 Å². The SMILES string of the molecule is COC(=O)C(NC(=O)NC(Cc1cccc(F)c1)C(=O)N[C@H]1CCCCNC(=O)/C=C/[C@H](Cc2cccc(F)c2)NC1=O)C(C)C. The third-order valence-corrected chi connectivity index (χ3v) is 7.36. The molecule has 0 bridgehead atoms. The van der Waals surface area contributed by atoms with E-state index < -0.39 is 59.6 Å². The van der Waals surface area contributed by atoms with Gasteiger partial charge in [0, 0.05) is 19.0 Å². The van der Waals surface area contributed by atoms with E-state index in [0.717, 1.165) is 0 Å². The first-order valence-electron chi connectivity index (χ1n) is 15.2. The fraction of sp³-hybridized carbons (Fsp3) is 0.424. The van der Waals surface area contributed by atoms with E-state index >= 15 is 0 Å². The Morgan fingerprint density at radius 1 is 0.978 bits per heavy atom. The largest absolute Gasteiger partial charge is 0.467 e. The van der Waals surface area contributed by atoms with Gasteiger partial charge in [-0.2, -0.15) is 0 Å². The Labute approximate surface area is 266 Å². The third-order valence-electron chi connectivity index (χ3n) is 7.36. The van der Waals surface area contributed by atoms with Crippen LogP contribution in [-0.2, 0) is 36.8 Å². The zero-order chi connectivity index (χ0) is 33.6. The normalized spacial score (nSPS) is 19.3. The quantitative estimate of drug-likeness (QED) is 0.251. The van der Waals surface area contributed by atoms with E-state index in [4.69, 9.17) is 4.74 Å². The predicted octanol–water partition coefficient (Wildman–Crippen LogP) is 2.44. The smallest absolute Gasteiger partial charge is 0.328 e. The Hall–Kier alpha value is -4.81. The molecule has 1 heterocycles. The number of hydrogen-bond donors (Lipinski definition) is 5. The predicted molar refractivity (Wildman–Crippen MR) is 166 cm³/mol. The lowest BCUT2D eigenvalue weighted by atomic mass is 10.0. The second-order valence-electron chi connectivity index (χ2n) is 11.4. The Kier molecular flexibility index (Phi) is 13.7. The summed E-state index contributed by atoms with van der Waals surface area (Å²) in [5.74, 6) is -3.56. The van der Waals surface area contributed by atoms with Crippen LogP contribution in [0.2, 0.25) is 0 Å². The number of benzene rings is 2. The van der Waals surface area contributed by atoms with Gasteiger partial charge in [-0.15, -0.1) is 0 Å². The number of hydrogen-bond acceptors (Lipinski definition) is 6. The lowest BCUT2D eigenvalue weighted by molar-refractivity contribution is -0.144. The number of ether oxygens (including phenoxy) is 1. The number of methoxy groups -OCH3 is 1. The molecule has 0 saturated carbocycles. The van der Waals surface area contributed by atoms with Crippen LogP contribution in [0.25, 0.3) is 0 Å². The van der Waals surface area contributed by atoms with Crippen molar-refractivity contribution >= 4 is 29.7 Å². The van der Waals surface area contributed by atoms with Crippen molar-refractivity contribution in [2.24, 2.45) is 5.92 Å². The van der Waals surface area contributed by atoms with Crippen LogP contribution in [0.1, 0.15) is 44.2 Å². The molecule has 248 valence electrons. The fourth-order valence-electron chi connectivity index (χ4n) is 4.93. The molecule has 0 aromatic heterocycles. The zero-order valence-electron chi connectivity index (χ0n) is 26.1. The van der Waals surface area contributed by atoms with Crippen molar-refractivity contribution in [1.82, 2.24) is 26.6 Å². The number of nitrogens with one attached hydrogen (secondary N) is 5. The fourth-order valence-corrected chi connectivity index (χ4v) is 4.93. The molecule has 1 aliphatic heterocycles. The van der Waals surface area contributed by atoms with Crippen LogP contribution in [-0.4, -0.2) is 67.5 Å². The number of urea groups is 1. The molecule has 13 heteroatoms. The van der Waals surface area contributed by atoms with Gasteiger partial charge in [0.1, 0.15) is 29.8 Å². The van der Waals surface area contributed by atoms with Gasteiger partial charge in [-0.25, -0.2) is 18.4 Å². The minimum absolute atomic E-state index is 0.118. The van der Waals surface area contributed by atoms with Gasteiger partial charge in [0.05, 0.1) is 13.2 Å². The molecule has 2 aromatic carbocycles. The minimum atomic E-state index is -1.26. The molecule has 0 radical (unpaired) electrons. The number of rotatable bonds is 10. The molecule has 4 atom stereocenters. The van der Waals surface area contributed by atoms with Crippen LogP contribution >= 0.6 is 0 Å². The third kappa shape index (κ3) is 11.6. The lowest BCUT2D eigenvalue weighted by Gasteiger charge is -2.26. The van der Waals surface area contributed by atoms with E-state index in [1.54, 1.807) is 26.0 Å². The highest BCUT2D eigenvalue weighted by Gasteiger charge is 2.30. The summed E-state index contributed by atoms with van der Waals surface area (Å²) in [6, 6.07) is 6.55. The van der Waals surface area contributed by atoms with Gasteiger partial charge in [0.15, 0.2) is 0 Å². The summed E-state index contributed by atoms with van der Waals surface area (Å²) < 4.78 is 32.6. The summed E-state index contributed by atoms with van der Waals surface area (Å²) in [6.45, 7) is 3.77. The number of carbonyl (C=O) groups excluding carboxylic acids is 5. The molecule has 5 amide bonds. The first-order valence-corrected chi connectivity index (χ1v) is 15.2. The number of carbonyl (C=O) groups is 5. The van der Waals surface area contributed by atoms with Crippen LogP contribution < -0.4 is 26.6 Å². The van der Waals surface area contributed by atoms with Gasteiger partial charge in [-0.05, 0) is 67.0 Å². The maximum absolute atomic E-state index is 14.0. The molecule has 0 aliphatic carbocycles. The highest BCUT2D eigenvalue weighted by Crippen LogP contribution is 2.12. The molecule has 2 unspecified atom stereocenters. The average Bonchev–Trinajstić information content (AvgIpc) is 3.00. The summed E-state index contributed by atoms with van der Waals surface area (Å²) in [7, 11) is 1.19. The molecule has 5 N–H and O–H groups in total. The van der Waals surface area contributed by atoms with E-state index in [0.29, 0.717) is 30.5 Å². The van der Waals surface area contributed by atoms with Crippen LogP contribution in [0, 0.1) is 17.6 Å². The van der Waals surface area contributed by atoms with Gasteiger partial charge in [-0.3, -0.25) is 14.4 Å². The van der Waals surface area contributed by atoms with Crippen molar-refractivity contribution in [3.63, 3.8) is 0 Å². The van der Waals surface area contributed by atoms with E-state index in [1.165, 1.54) is 55.7 Å². The first kappa shape index (κ1) is 35.7. The van der Waals surface area contributed by atoms with Gasteiger partial charge >= 0.3 is 12.0 Å². The topological polar surface area (TPSA) is 155 Å². The summed E-state index contributed by atoms with van der Waals surface area (Å²) >= 11 is 0. The van der Waals surface area contributed by atoms with Crippen LogP contribution in [0.4, 0.5) is 13.6 Å². The monoisotopic (exact) mass is 641 g/mol. The molecular formula is C33H41F2N5O6. The molecule has 0 fully saturated rings. The number of halogens is 2. The van der Waals surface area contributed by atoms with Crippen molar-refractivity contribution < 1.29 is 37.5 Å². The summed E-state index contributed by atoms with van der Waals surface area (Å²) in [5, 5.41) is 13.4. The Morgan fingerprint density at radius 3 is 2.30 bits per heavy atom. The van der Waals surface area contributed by atoms with Gasteiger partial charge in [0.25, 0.3) is 0 Å². The van der Waals surface area contributed by atoms with E-state index in [9.17, 15) is 32.8 Å². The summed E-state index contributed by atoms with van der Waals surface area (Å²) in [4.78, 5) is 64.7. The molecule has 1 aliphatic rings. The highest BCUT2D eigenvalue weighted by atomic mass is 19.1. The molecule has 0 spiro atoms. The standard InChI is InChI=1S/C33H41F2N5O6/c1-20(2)29(32(44)46-3)40-33(45)39-27(19-22-9-7-11-24(35)17-22)31(43)38-26-12-4-5-15-36-28(41)14-13-25(37-30(26)42)18-21-8-6-10-23(34)16-21/h6-11,13-14,16-17,20,25-27,29H,4-5,12,15,18-19H2,1-3H3,(H,36,41)(H,37,42)(H,38,43)(H2,39,40,45)/b14-13+/t25-,26+,27?,29?/m1/s1. The van der Waals surface area contributed by atoms with Crippen molar-refractivity contribution in [3.8, 4) is 0 Å². The van der Waals surface area contributed by atoms with Gasteiger partial charge in [-0.1, -0.05) is 44.2 Å². The Morgan fingerprint density at radius 2 is 1.65 bits per heavy atom. The second-order valence-corrected chi connectivity index (χ2v) is 11.4. The summed E-state index contributed by atoms with van der Waals surface area (Å²) in [5.41, 5.74) is 0.994. The maximum Gasteiger partial charge on any atom is 0.328 e. The van der Waals surface area contributed by atoms with Crippen molar-refractivity contribution in [2.75, 3.05) is 13.7 Å². The van der Waals surface area contributed by atoms with E-state index in [1.807, 2.05) is 0 Å². The average molecular weight is 642 g/mol. The maximum atomic E-state index is 14.0. The molecule has 3 rings (SSSR count). The second kappa shape index (κ2) is 17.6.